The van der Waals surface area contributed by atoms with Gasteiger partial charge in [-0.1, -0.05) is 0 Å². The molecule has 0 atom stereocenters. The molecule has 0 amide bonds. The third-order valence-corrected chi connectivity index (χ3v) is 0. The maximum atomic E-state index is 8.06. The van der Waals surface area contributed by atoms with Crippen LogP contribution in [-0.2, 0) is 45.4 Å². The molecule has 0 aliphatic heterocycles. The quantitative estimate of drug-likeness (QED) is 0.533. The second kappa shape index (κ2) is 18.8. The third-order valence-electron chi connectivity index (χ3n) is 0. The van der Waals surface area contributed by atoms with E-state index in [1.807, 2.05) is 0 Å². The van der Waals surface area contributed by atoms with Crippen LogP contribution in [-0.4, -0.2) is 29.6 Å². The second-order valence-corrected chi connectivity index (χ2v) is 0. The van der Waals surface area contributed by atoms with Crippen LogP contribution in [0.5, 0.6) is 0 Å². The Kier molecular flexibility index (Phi) is 76.9. The van der Waals surface area contributed by atoms with Crippen LogP contribution in [0.2, 0.25) is 0 Å². The van der Waals surface area contributed by atoms with E-state index in [0.717, 1.165) is 0 Å². The van der Waals surface area contributed by atoms with Crippen LogP contribution in [0.3, 0.4) is 0 Å². The first-order valence-corrected chi connectivity index (χ1v) is 0.728. The van der Waals surface area contributed by atoms with Crippen molar-refractivity contribution in [2.24, 2.45) is 0 Å². The molecule has 0 bridgehead atoms. The Morgan fingerprint density at radius 3 is 1.25 bits per heavy atom. The van der Waals surface area contributed by atoms with E-state index in [4.69, 9.17) is 3.25 Å². The molecule has 1 nitrogen and oxygen atoms in total. The summed E-state index contributed by atoms with van der Waals surface area (Å²) in [5.74, 6) is 0. The largest absolute Gasteiger partial charge is 0 e. The van der Waals surface area contributed by atoms with Crippen LogP contribution in [0.1, 0.15) is 0 Å². The average molecular weight is 332 g/mol. The molecule has 0 spiro atoms. The number of rotatable bonds is 0. The Morgan fingerprint density at radius 1 is 1.25 bits per heavy atom. The van der Waals surface area contributed by atoms with Crippen molar-refractivity contribution in [3.63, 3.8) is 0 Å². The van der Waals surface area contributed by atoms with Crippen LogP contribution in [0, 0.1) is 0 Å². The maximum Gasteiger partial charge on any atom is 0 e. The first-order valence-electron chi connectivity index (χ1n) is 0.123. The molecule has 0 aliphatic carbocycles. The van der Waals surface area contributed by atoms with Gasteiger partial charge >= 0.3 is 53.8 Å². The van der Waals surface area contributed by atoms with Gasteiger partial charge in [-0.3, -0.25) is 0 Å². The summed E-state index contributed by atoms with van der Waals surface area (Å²) in [6.45, 7) is 0. The van der Waals surface area contributed by atoms with E-state index in [2.05, 4.69) is 0 Å². The van der Waals surface area contributed by atoms with Gasteiger partial charge in [0.1, 0.15) is 0 Å². The van der Waals surface area contributed by atoms with Crippen molar-refractivity contribution < 1.29 is 45.4 Å². The Bertz CT molecular complexity index is 8.00. The van der Waals surface area contributed by atoms with E-state index < -0.39 is 0 Å². The molecule has 0 aromatic carbocycles. The van der Waals surface area contributed by atoms with E-state index in [1.165, 1.54) is 0 Å². The van der Waals surface area contributed by atoms with E-state index in [9.17, 15) is 0 Å². The molecule has 0 fully saturated rings. The molecular weight excluding hydrogens is 331 g/mol. The number of hydrogen-bond acceptors (Lipinski definition) is 1. The normalized spacial score (nSPS) is 1.50. The van der Waals surface area contributed by atoms with Crippen molar-refractivity contribution in [3.05, 3.63) is 0 Å². The zero-order chi connectivity index (χ0) is 2.00. The van der Waals surface area contributed by atoms with Crippen molar-refractivity contribution in [2.45, 2.75) is 0 Å². The van der Waals surface area contributed by atoms with Gasteiger partial charge in [0.05, 0.1) is 0 Å². The monoisotopic (exact) mass is 331 g/mol. The van der Waals surface area contributed by atoms with Crippen molar-refractivity contribution in [2.75, 3.05) is 0 Å². The fourth-order valence-electron chi connectivity index (χ4n) is 0. The molecule has 0 heterocycles. The van der Waals surface area contributed by atoms with Gasteiger partial charge in [-0.15, -0.1) is 0 Å². The summed E-state index contributed by atoms with van der Waals surface area (Å²) < 4.78 is 8.06. The van der Waals surface area contributed by atoms with Crippen molar-refractivity contribution in [1.82, 2.24) is 0 Å². The predicted octanol–water partition coefficient (Wildman–Crippen LogP) is -0.772. The summed E-state index contributed by atoms with van der Waals surface area (Å²) in [5.41, 5.74) is 0. The molecule has 0 N–H and O–H groups in total. The van der Waals surface area contributed by atoms with Crippen molar-refractivity contribution in [3.8, 4) is 0 Å². The summed E-state index contributed by atoms with van der Waals surface area (Å²) in [4.78, 5) is 0. The van der Waals surface area contributed by atoms with Gasteiger partial charge in [0.25, 0.3) is 0 Å². The maximum absolute atomic E-state index is 8.06. The van der Waals surface area contributed by atoms with Crippen LogP contribution < -0.4 is 0 Å². The van der Waals surface area contributed by atoms with Gasteiger partial charge in [0.2, 0.25) is 0 Å². The summed E-state index contributed by atoms with van der Waals surface area (Å²) in [6.07, 6.45) is 0. The minimum absolute atomic E-state index is 0. The Labute approximate surface area is 73.7 Å². The minimum atomic E-state index is 0. The molecule has 4 heavy (non-hydrogen) atoms. The fraction of sp³-hybridized carbons (Fsp3) is 0. The van der Waals surface area contributed by atoms with Crippen LogP contribution >= 0.6 is 0 Å². The van der Waals surface area contributed by atoms with E-state index in [0.29, 0.717) is 0 Å². The molecule has 0 saturated heterocycles. The smallest absolute Gasteiger partial charge is 0 e. The molecule has 0 aliphatic rings. The topological polar surface area (TPSA) is 17.1 Å². The second-order valence-electron chi connectivity index (χ2n) is 0. The molecule has 0 aromatic rings. The van der Waals surface area contributed by atoms with Gasteiger partial charge in [-0.05, 0) is 0 Å². The molecule has 4 heteroatoms. The Morgan fingerprint density at radius 2 is 1.25 bits per heavy atom. The fourth-order valence-corrected chi connectivity index (χ4v) is 0. The SMILES string of the molecule is [NaH].[O]=[Ag].[W]. The average Bonchev–Trinajstić information content (AvgIpc) is 1.00. The first-order chi connectivity index (χ1) is 1.00. The molecule has 0 unspecified atom stereocenters. The van der Waals surface area contributed by atoms with Crippen LogP contribution in [0.25, 0.3) is 0 Å². The van der Waals surface area contributed by atoms with E-state index in [1.54, 1.807) is 21.0 Å². The third kappa shape index (κ3) is 8.87. The van der Waals surface area contributed by atoms with E-state index in [-0.39, 0.29) is 50.6 Å². The minimum Gasteiger partial charge on any atom is 0 e. The van der Waals surface area contributed by atoms with Crippen molar-refractivity contribution >= 4 is 29.6 Å². The summed E-state index contributed by atoms with van der Waals surface area (Å²) in [5, 5.41) is 0. The zero-order valence-corrected chi connectivity index (χ0v) is 5.53. The molecule has 25 valence electrons. The molecular formula is HAgNaOW. The van der Waals surface area contributed by atoms with Gasteiger partial charge in [-0.25, -0.2) is 0 Å². The van der Waals surface area contributed by atoms with Gasteiger partial charge in [0, 0.05) is 21.1 Å². The van der Waals surface area contributed by atoms with Crippen molar-refractivity contribution in [1.29, 1.82) is 0 Å². The molecule has 0 aromatic heterocycles. The predicted molar refractivity (Wildman–Crippen MR) is 7.84 cm³/mol. The summed E-state index contributed by atoms with van der Waals surface area (Å²) in [6, 6.07) is 0. The van der Waals surface area contributed by atoms with E-state index >= 15 is 0 Å². The van der Waals surface area contributed by atoms with Gasteiger partial charge < -0.3 is 0 Å². The number of hydrogen-bond donors (Lipinski definition) is 0. The van der Waals surface area contributed by atoms with Gasteiger partial charge in [0.15, 0.2) is 0 Å². The zero-order valence-electron chi connectivity index (χ0n) is 1.12. The standard InChI is InChI=1S/Ag.Na.O.W.H. The molecule has 0 rings (SSSR count). The van der Waals surface area contributed by atoms with Crippen LogP contribution in [0.4, 0.5) is 0 Å². The van der Waals surface area contributed by atoms with Gasteiger partial charge in [-0.2, -0.15) is 0 Å². The van der Waals surface area contributed by atoms with Crippen LogP contribution in [0.15, 0.2) is 0 Å². The molecule has 0 radical (unpaired) electrons. The summed E-state index contributed by atoms with van der Waals surface area (Å²) in [7, 11) is 0. The first kappa shape index (κ1) is 16.3. The Hall–Kier alpha value is 2.23. The Balaban J connectivity index is -0.00000000500. The summed E-state index contributed by atoms with van der Waals surface area (Å²) >= 11 is 1.70. The molecule has 0 saturated carbocycles.